The zero-order chi connectivity index (χ0) is 18.4. The largest absolute Gasteiger partial charge is 0.493 e. The van der Waals surface area contributed by atoms with Crippen molar-refractivity contribution in [3.05, 3.63) is 59.4 Å². The van der Waals surface area contributed by atoms with Crippen molar-refractivity contribution < 1.29 is 19.0 Å². The maximum absolute atomic E-state index is 13.0. The highest BCUT2D eigenvalue weighted by Crippen LogP contribution is 2.29. The highest BCUT2D eigenvalue weighted by atomic mass is 19.1. The lowest BCUT2D eigenvalue weighted by atomic mass is 9.93. The molecule has 0 atom stereocenters. The summed E-state index contributed by atoms with van der Waals surface area (Å²) in [5, 5.41) is 13.1. The van der Waals surface area contributed by atoms with Crippen LogP contribution in [0.1, 0.15) is 36.8 Å². The first kappa shape index (κ1) is 18.7. The van der Waals surface area contributed by atoms with Gasteiger partial charge in [-0.2, -0.15) is 0 Å². The molecule has 2 aromatic carbocycles. The molecule has 1 saturated carbocycles. The van der Waals surface area contributed by atoms with Gasteiger partial charge in [0.2, 0.25) is 0 Å². The highest BCUT2D eigenvalue weighted by Gasteiger charge is 2.18. The van der Waals surface area contributed by atoms with Crippen molar-refractivity contribution in [3.63, 3.8) is 0 Å². The Hall–Kier alpha value is -2.11. The van der Waals surface area contributed by atoms with Crippen LogP contribution in [0.2, 0.25) is 0 Å². The van der Waals surface area contributed by atoms with Gasteiger partial charge in [-0.15, -0.1) is 0 Å². The second-order valence-corrected chi connectivity index (χ2v) is 6.79. The van der Waals surface area contributed by atoms with Crippen LogP contribution in [0.15, 0.2) is 42.5 Å². The summed E-state index contributed by atoms with van der Waals surface area (Å²) >= 11 is 0. The average Bonchev–Trinajstić information content (AvgIpc) is 2.67. The number of aliphatic hydroxyl groups excluding tert-OH is 1. The van der Waals surface area contributed by atoms with E-state index in [4.69, 9.17) is 9.47 Å². The summed E-state index contributed by atoms with van der Waals surface area (Å²) in [7, 11) is 1.62. The summed E-state index contributed by atoms with van der Waals surface area (Å²) < 4.78 is 24.2. The van der Waals surface area contributed by atoms with Crippen molar-refractivity contribution in [2.24, 2.45) is 0 Å². The number of nitrogens with one attached hydrogen (secondary N) is 1. The van der Waals surface area contributed by atoms with Crippen molar-refractivity contribution in [2.75, 3.05) is 7.11 Å². The van der Waals surface area contributed by atoms with Crippen LogP contribution in [-0.4, -0.2) is 24.4 Å². The second kappa shape index (κ2) is 9.01. The van der Waals surface area contributed by atoms with Gasteiger partial charge in [-0.1, -0.05) is 18.2 Å². The van der Waals surface area contributed by atoms with Crippen LogP contribution < -0.4 is 14.8 Å². The van der Waals surface area contributed by atoms with E-state index >= 15 is 0 Å². The van der Waals surface area contributed by atoms with Crippen LogP contribution in [-0.2, 0) is 13.2 Å². The fourth-order valence-electron chi connectivity index (χ4n) is 3.23. The molecule has 0 aliphatic heterocycles. The van der Waals surface area contributed by atoms with Crippen molar-refractivity contribution in [1.29, 1.82) is 0 Å². The minimum absolute atomic E-state index is 0.134. The van der Waals surface area contributed by atoms with Gasteiger partial charge in [0.25, 0.3) is 0 Å². The number of ether oxygens (including phenoxy) is 2. The number of hydrogen-bond donors (Lipinski definition) is 2. The summed E-state index contributed by atoms with van der Waals surface area (Å²) in [5.41, 5.74) is 2.03. The van der Waals surface area contributed by atoms with E-state index in [0.29, 0.717) is 24.1 Å². The molecule has 5 heteroatoms. The molecular weight excluding hydrogens is 333 g/mol. The first-order valence-corrected chi connectivity index (χ1v) is 9.09. The van der Waals surface area contributed by atoms with Crippen molar-refractivity contribution in [2.45, 2.75) is 51.0 Å². The van der Waals surface area contributed by atoms with Gasteiger partial charge in [0.05, 0.1) is 13.2 Å². The molecule has 0 aromatic heterocycles. The number of methoxy groups -OCH3 is 1. The molecule has 2 aromatic rings. The lowest BCUT2D eigenvalue weighted by molar-refractivity contribution is 0.116. The smallest absolute Gasteiger partial charge is 0.161 e. The molecule has 1 aliphatic rings. The summed E-state index contributed by atoms with van der Waals surface area (Å²) in [4.78, 5) is 0. The van der Waals surface area contributed by atoms with Gasteiger partial charge in [0, 0.05) is 12.6 Å². The number of benzene rings is 2. The molecule has 0 unspecified atom stereocenters. The predicted molar refractivity (Wildman–Crippen MR) is 98.8 cm³/mol. The van der Waals surface area contributed by atoms with Gasteiger partial charge in [0.1, 0.15) is 12.4 Å². The fraction of sp³-hybridized carbons (Fsp3) is 0.429. The second-order valence-electron chi connectivity index (χ2n) is 6.79. The number of hydrogen-bond acceptors (Lipinski definition) is 4. The Morgan fingerprint density at radius 3 is 2.38 bits per heavy atom. The van der Waals surface area contributed by atoms with E-state index in [1.165, 1.54) is 12.1 Å². The van der Waals surface area contributed by atoms with Crippen LogP contribution >= 0.6 is 0 Å². The van der Waals surface area contributed by atoms with Crippen LogP contribution in [0.4, 0.5) is 4.39 Å². The maximum Gasteiger partial charge on any atom is 0.161 e. The molecular formula is C21H26FNO3. The lowest BCUT2D eigenvalue weighted by Gasteiger charge is -2.26. The Balaban J connectivity index is 1.55. The standard InChI is InChI=1S/C21H26FNO3/c1-25-21-12-16(13-23-18-7-9-19(24)10-8-18)4-11-20(21)26-14-15-2-5-17(22)6-3-15/h2-6,11-12,18-19,23-24H,7-10,13-14H2,1H3. The molecule has 2 N–H and O–H groups in total. The fourth-order valence-corrected chi connectivity index (χ4v) is 3.23. The molecule has 1 aliphatic carbocycles. The minimum atomic E-state index is -0.254. The summed E-state index contributed by atoms with van der Waals surface area (Å²) in [6.45, 7) is 1.12. The lowest BCUT2D eigenvalue weighted by Crippen LogP contribution is -2.34. The molecule has 1 fully saturated rings. The first-order chi connectivity index (χ1) is 12.6. The zero-order valence-electron chi connectivity index (χ0n) is 15.1. The molecule has 26 heavy (non-hydrogen) atoms. The Labute approximate surface area is 154 Å². The zero-order valence-corrected chi connectivity index (χ0v) is 15.1. The van der Waals surface area contributed by atoms with Crippen LogP contribution in [0, 0.1) is 5.82 Å². The van der Waals surface area contributed by atoms with Gasteiger partial charge in [-0.05, 0) is 61.1 Å². The summed E-state index contributed by atoms with van der Waals surface area (Å²) in [6.07, 6.45) is 3.63. The van der Waals surface area contributed by atoms with Gasteiger partial charge >= 0.3 is 0 Å². The molecule has 0 radical (unpaired) electrons. The van der Waals surface area contributed by atoms with E-state index in [1.807, 2.05) is 18.2 Å². The van der Waals surface area contributed by atoms with Crippen LogP contribution in [0.5, 0.6) is 11.5 Å². The summed E-state index contributed by atoms with van der Waals surface area (Å²) in [6, 6.07) is 12.6. The van der Waals surface area contributed by atoms with Crippen molar-refractivity contribution in [3.8, 4) is 11.5 Å². The molecule has 140 valence electrons. The Kier molecular flexibility index (Phi) is 6.47. The van der Waals surface area contributed by atoms with E-state index in [1.54, 1.807) is 19.2 Å². The number of rotatable bonds is 7. The third-order valence-corrected chi connectivity index (χ3v) is 4.83. The summed E-state index contributed by atoms with van der Waals surface area (Å²) in [5.74, 6) is 1.10. The van der Waals surface area contributed by atoms with Crippen molar-refractivity contribution >= 4 is 0 Å². The van der Waals surface area contributed by atoms with Gasteiger partial charge in [-0.3, -0.25) is 0 Å². The third-order valence-electron chi connectivity index (χ3n) is 4.83. The normalized spacial score (nSPS) is 20.0. The Bertz CT molecular complexity index is 697. The Morgan fingerprint density at radius 1 is 1.00 bits per heavy atom. The third kappa shape index (κ3) is 5.19. The van der Waals surface area contributed by atoms with E-state index in [9.17, 15) is 9.50 Å². The molecule has 4 nitrogen and oxygen atoms in total. The van der Waals surface area contributed by atoms with Gasteiger partial charge in [0.15, 0.2) is 11.5 Å². The number of halogens is 1. The van der Waals surface area contributed by atoms with Gasteiger partial charge in [-0.25, -0.2) is 4.39 Å². The van der Waals surface area contributed by atoms with Crippen LogP contribution in [0.25, 0.3) is 0 Å². The molecule has 0 heterocycles. The highest BCUT2D eigenvalue weighted by molar-refractivity contribution is 5.43. The van der Waals surface area contributed by atoms with E-state index in [2.05, 4.69) is 5.32 Å². The molecule has 0 saturated heterocycles. The minimum Gasteiger partial charge on any atom is -0.493 e. The first-order valence-electron chi connectivity index (χ1n) is 9.09. The predicted octanol–water partition coefficient (Wildman–Crippen LogP) is 3.81. The topological polar surface area (TPSA) is 50.7 Å². The molecule has 0 bridgehead atoms. The van der Waals surface area contributed by atoms with Crippen LogP contribution in [0.3, 0.4) is 0 Å². The average molecular weight is 359 g/mol. The van der Waals surface area contributed by atoms with E-state index < -0.39 is 0 Å². The molecule has 3 rings (SSSR count). The van der Waals surface area contributed by atoms with Crippen molar-refractivity contribution in [1.82, 2.24) is 5.32 Å². The van der Waals surface area contributed by atoms with Gasteiger partial charge < -0.3 is 19.9 Å². The quantitative estimate of drug-likeness (QED) is 0.789. The van der Waals surface area contributed by atoms with E-state index in [0.717, 1.165) is 43.4 Å². The monoisotopic (exact) mass is 359 g/mol. The maximum atomic E-state index is 13.0. The Morgan fingerprint density at radius 2 is 1.69 bits per heavy atom. The van der Waals surface area contributed by atoms with E-state index in [-0.39, 0.29) is 11.9 Å². The molecule has 0 spiro atoms. The number of aliphatic hydroxyl groups is 1. The SMILES string of the molecule is COc1cc(CNC2CCC(O)CC2)ccc1OCc1ccc(F)cc1. The molecule has 0 amide bonds.